The maximum Gasteiger partial charge on any atom is 0.322 e. The highest BCUT2D eigenvalue weighted by molar-refractivity contribution is 7.13. The fourth-order valence-corrected chi connectivity index (χ4v) is 4.29. The SMILES string of the molecule is CC(C)N1C(=O)NC2C1=CC=CC2c1csc(-c2cc(F)cc(F)c2)n1. The number of hydrogen-bond donors (Lipinski definition) is 1. The third-order valence-electron chi connectivity index (χ3n) is 4.53. The second kappa shape index (κ2) is 6.32. The van der Waals surface area contributed by atoms with Crippen LogP contribution in [0.2, 0.25) is 0 Å². The number of carbonyl (C=O) groups is 1. The molecule has 1 fully saturated rings. The number of benzene rings is 1. The standard InChI is InChI=1S/C19H17F2N3OS/c1-10(2)24-16-5-3-4-14(17(16)23-19(24)25)15-9-26-18(22-15)11-6-12(20)8-13(21)7-11/h3-10,14,17H,1-2H3,(H,23,25). The van der Waals surface area contributed by atoms with Crippen LogP contribution in [0.1, 0.15) is 25.5 Å². The predicted molar refractivity (Wildman–Crippen MR) is 96.7 cm³/mol. The van der Waals surface area contributed by atoms with Crippen LogP contribution < -0.4 is 5.32 Å². The van der Waals surface area contributed by atoms with Crippen molar-refractivity contribution >= 4 is 17.4 Å². The summed E-state index contributed by atoms with van der Waals surface area (Å²) >= 11 is 1.33. The number of nitrogens with one attached hydrogen (secondary N) is 1. The molecule has 1 N–H and O–H groups in total. The van der Waals surface area contributed by atoms with E-state index < -0.39 is 11.6 Å². The molecule has 0 saturated carbocycles. The van der Waals surface area contributed by atoms with Gasteiger partial charge in [0.15, 0.2) is 0 Å². The quantitative estimate of drug-likeness (QED) is 0.865. The number of carbonyl (C=O) groups excluding carboxylic acids is 1. The van der Waals surface area contributed by atoms with Crippen LogP contribution in [0, 0.1) is 11.6 Å². The van der Waals surface area contributed by atoms with E-state index in [1.54, 1.807) is 4.90 Å². The number of fused-ring (bicyclic) bond motifs is 1. The maximum absolute atomic E-state index is 13.5. The minimum atomic E-state index is -0.629. The topological polar surface area (TPSA) is 45.2 Å². The first kappa shape index (κ1) is 16.9. The zero-order chi connectivity index (χ0) is 18.4. The summed E-state index contributed by atoms with van der Waals surface area (Å²) < 4.78 is 27.0. The van der Waals surface area contributed by atoms with Crippen LogP contribution in [0.5, 0.6) is 0 Å². The number of aromatic nitrogens is 1. The number of halogens is 2. The van der Waals surface area contributed by atoms with Crippen LogP contribution in [0.3, 0.4) is 0 Å². The summed E-state index contributed by atoms with van der Waals surface area (Å²) in [7, 11) is 0. The molecular formula is C19H17F2N3OS. The molecule has 0 spiro atoms. The number of nitrogens with zero attached hydrogens (tertiary/aromatic N) is 2. The predicted octanol–water partition coefficient (Wildman–Crippen LogP) is 4.43. The molecule has 134 valence electrons. The Labute approximate surface area is 153 Å². The van der Waals surface area contributed by atoms with Crippen LogP contribution in [0.25, 0.3) is 10.6 Å². The van der Waals surface area contributed by atoms with E-state index in [1.165, 1.54) is 23.5 Å². The van der Waals surface area contributed by atoms with Crippen molar-refractivity contribution in [2.45, 2.75) is 31.8 Å². The van der Waals surface area contributed by atoms with Gasteiger partial charge in [-0.15, -0.1) is 11.3 Å². The molecule has 0 bridgehead atoms. The van der Waals surface area contributed by atoms with Gasteiger partial charge in [0.05, 0.1) is 11.7 Å². The lowest BCUT2D eigenvalue weighted by Gasteiger charge is -2.26. The number of hydrogen-bond acceptors (Lipinski definition) is 3. The molecule has 2 aromatic rings. The molecule has 2 unspecified atom stereocenters. The highest BCUT2D eigenvalue weighted by Gasteiger charge is 2.41. The van der Waals surface area contributed by atoms with Crippen molar-refractivity contribution in [2.24, 2.45) is 0 Å². The zero-order valence-corrected chi connectivity index (χ0v) is 15.1. The Bertz CT molecular complexity index is 914. The van der Waals surface area contributed by atoms with E-state index in [9.17, 15) is 13.6 Å². The summed E-state index contributed by atoms with van der Waals surface area (Å²) in [5.41, 5.74) is 2.10. The van der Waals surface area contributed by atoms with Gasteiger partial charge in [-0.1, -0.05) is 12.2 Å². The van der Waals surface area contributed by atoms with E-state index in [1.807, 2.05) is 37.5 Å². The molecule has 1 saturated heterocycles. The summed E-state index contributed by atoms with van der Waals surface area (Å²) in [5, 5.41) is 5.44. The average molecular weight is 373 g/mol. The van der Waals surface area contributed by atoms with Gasteiger partial charge in [-0.2, -0.15) is 0 Å². The lowest BCUT2D eigenvalue weighted by atomic mass is 9.90. The summed E-state index contributed by atoms with van der Waals surface area (Å²) in [5.74, 6) is -1.38. The van der Waals surface area contributed by atoms with Crippen molar-refractivity contribution in [3.05, 3.63) is 64.8 Å². The number of amides is 2. The van der Waals surface area contributed by atoms with Crippen LogP contribution in [-0.4, -0.2) is 28.0 Å². The Hall–Kier alpha value is -2.54. The minimum absolute atomic E-state index is 0.0552. The van der Waals surface area contributed by atoms with Crippen molar-refractivity contribution in [3.8, 4) is 10.6 Å². The Morgan fingerprint density at radius 2 is 1.96 bits per heavy atom. The normalized spacial score (nSPS) is 21.8. The van der Waals surface area contributed by atoms with Crippen molar-refractivity contribution in [3.63, 3.8) is 0 Å². The lowest BCUT2D eigenvalue weighted by molar-refractivity contribution is 0.214. The Balaban J connectivity index is 1.65. The highest BCUT2D eigenvalue weighted by Crippen LogP contribution is 2.37. The number of thiazole rings is 1. The van der Waals surface area contributed by atoms with E-state index in [0.717, 1.165) is 17.5 Å². The maximum atomic E-state index is 13.5. The van der Waals surface area contributed by atoms with Gasteiger partial charge in [0, 0.05) is 34.7 Å². The molecule has 2 atom stereocenters. The Morgan fingerprint density at radius 1 is 1.23 bits per heavy atom. The lowest BCUT2D eigenvalue weighted by Crippen LogP contribution is -2.33. The van der Waals surface area contributed by atoms with Gasteiger partial charge in [0.25, 0.3) is 0 Å². The molecule has 2 amide bonds. The number of allylic oxidation sites excluding steroid dienone is 2. The molecule has 4 nitrogen and oxygen atoms in total. The van der Waals surface area contributed by atoms with Gasteiger partial charge >= 0.3 is 6.03 Å². The summed E-state index contributed by atoms with van der Waals surface area (Å²) in [6.07, 6.45) is 5.85. The molecule has 1 aliphatic heterocycles. The monoisotopic (exact) mass is 373 g/mol. The van der Waals surface area contributed by atoms with E-state index in [-0.39, 0.29) is 24.0 Å². The van der Waals surface area contributed by atoms with Crippen LogP contribution in [0.15, 0.2) is 47.5 Å². The first-order valence-corrected chi connectivity index (χ1v) is 9.22. The summed E-state index contributed by atoms with van der Waals surface area (Å²) in [6.45, 7) is 3.94. The van der Waals surface area contributed by atoms with E-state index in [0.29, 0.717) is 10.6 Å². The molecule has 2 aliphatic rings. The van der Waals surface area contributed by atoms with Crippen molar-refractivity contribution < 1.29 is 13.6 Å². The molecule has 7 heteroatoms. The third kappa shape index (κ3) is 2.82. The molecule has 1 aromatic heterocycles. The highest BCUT2D eigenvalue weighted by atomic mass is 32.1. The molecule has 0 radical (unpaired) electrons. The second-order valence-electron chi connectivity index (χ2n) is 6.63. The fourth-order valence-electron chi connectivity index (χ4n) is 3.44. The molecule has 1 aliphatic carbocycles. The van der Waals surface area contributed by atoms with Crippen LogP contribution in [-0.2, 0) is 0 Å². The third-order valence-corrected chi connectivity index (χ3v) is 5.44. The number of urea groups is 1. The van der Waals surface area contributed by atoms with Crippen molar-refractivity contribution in [1.29, 1.82) is 0 Å². The van der Waals surface area contributed by atoms with E-state index >= 15 is 0 Å². The average Bonchev–Trinajstić information content (AvgIpc) is 3.17. The van der Waals surface area contributed by atoms with Gasteiger partial charge in [0.1, 0.15) is 16.6 Å². The van der Waals surface area contributed by atoms with Gasteiger partial charge < -0.3 is 5.32 Å². The molecular weight excluding hydrogens is 356 g/mol. The second-order valence-corrected chi connectivity index (χ2v) is 7.49. The van der Waals surface area contributed by atoms with Gasteiger partial charge in [-0.25, -0.2) is 18.6 Å². The molecule has 1 aromatic carbocycles. The van der Waals surface area contributed by atoms with Gasteiger partial charge in [0.2, 0.25) is 0 Å². The van der Waals surface area contributed by atoms with Gasteiger partial charge in [-0.3, -0.25) is 4.90 Å². The zero-order valence-electron chi connectivity index (χ0n) is 14.2. The fraction of sp³-hybridized carbons (Fsp3) is 0.263. The van der Waals surface area contributed by atoms with Crippen molar-refractivity contribution in [1.82, 2.24) is 15.2 Å². The van der Waals surface area contributed by atoms with E-state index in [2.05, 4.69) is 10.3 Å². The summed E-state index contributed by atoms with van der Waals surface area (Å²) in [4.78, 5) is 18.6. The number of rotatable bonds is 3. The molecule has 4 rings (SSSR count). The largest absolute Gasteiger partial charge is 0.328 e. The van der Waals surface area contributed by atoms with E-state index in [4.69, 9.17) is 0 Å². The van der Waals surface area contributed by atoms with Gasteiger partial charge in [-0.05, 0) is 32.1 Å². The molecule has 2 heterocycles. The van der Waals surface area contributed by atoms with Crippen LogP contribution in [0.4, 0.5) is 13.6 Å². The summed E-state index contributed by atoms with van der Waals surface area (Å²) in [6, 6.07) is 3.13. The first-order valence-electron chi connectivity index (χ1n) is 8.34. The Kier molecular flexibility index (Phi) is 4.11. The minimum Gasteiger partial charge on any atom is -0.328 e. The first-order chi connectivity index (χ1) is 12.4. The van der Waals surface area contributed by atoms with Crippen molar-refractivity contribution in [2.75, 3.05) is 0 Å². The molecule has 26 heavy (non-hydrogen) atoms. The smallest absolute Gasteiger partial charge is 0.322 e. The van der Waals surface area contributed by atoms with Crippen LogP contribution >= 0.6 is 11.3 Å². The Morgan fingerprint density at radius 3 is 2.65 bits per heavy atom.